The maximum Gasteiger partial charge on any atom is 0.144 e. The molecular weight excluding hydrogens is 267 g/mol. The molecule has 0 unspecified atom stereocenters. The summed E-state index contributed by atoms with van der Waals surface area (Å²) in [7, 11) is 0. The zero-order chi connectivity index (χ0) is 14.7. The van der Waals surface area contributed by atoms with Gasteiger partial charge in [-0.2, -0.15) is 5.26 Å². The highest BCUT2D eigenvalue weighted by molar-refractivity contribution is 5.78. The van der Waals surface area contributed by atoms with Crippen molar-refractivity contribution in [2.75, 3.05) is 0 Å². The second-order valence-corrected chi connectivity index (χ2v) is 4.57. The summed E-state index contributed by atoms with van der Waals surface area (Å²) in [4.78, 5) is 4.25. The standard InChI is InChI=1S/C17H11FN2O/c18-16-9-15(5-4-14(16)10-19)21-11-12-3-6-17-13(8-12)2-1-7-20-17/h1-9H,11H2. The third kappa shape index (κ3) is 2.82. The third-order valence-electron chi connectivity index (χ3n) is 3.13. The van der Waals surface area contributed by atoms with Crippen molar-refractivity contribution in [1.82, 2.24) is 4.98 Å². The minimum Gasteiger partial charge on any atom is -0.489 e. The Morgan fingerprint density at radius 2 is 2.05 bits per heavy atom. The molecule has 1 heterocycles. The Bertz CT molecular complexity index is 840. The number of ether oxygens (including phenoxy) is 1. The van der Waals surface area contributed by atoms with Crippen molar-refractivity contribution in [3.63, 3.8) is 0 Å². The van der Waals surface area contributed by atoms with Crippen molar-refractivity contribution in [3.8, 4) is 11.8 Å². The maximum atomic E-state index is 13.5. The second-order valence-electron chi connectivity index (χ2n) is 4.57. The molecule has 0 bridgehead atoms. The Morgan fingerprint density at radius 3 is 2.86 bits per heavy atom. The molecule has 0 fully saturated rings. The Hall–Kier alpha value is -2.93. The van der Waals surface area contributed by atoms with Gasteiger partial charge >= 0.3 is 0 Å². The summed E-state index contributed by atoms with van der Waals surface area (Å²) >= 11 is 0. The number of benzene rings is 2. The molecule has 3 aromatic rings. The minimum atomic E-state index is -0.572. The molecule has 1 aromatic heterocycles. The van der Waals surface area contributed by atoms with E-state index in [0.717, 1.165) is 16.5 Å². The van der Waals surface area contributed by atoms with Gasteiger partial charge in [-0.25, -0.2) is 4.39 Å². The fraction of sp³-hybridized carbons (Fsp3) is 0.0588. The molecule has 0 aliphatic carbocycles. The molecule has 3 rings (SSSR count). The van der Waals surface area contributed by atoms with Gasteiger partial charge in [0.2, 0.25) is 0 Å². The van der Waals surface area contributed by atoms with E-state index in [1.54, 1.807) is 18.3 Å². The predicted molar refractivity (Wildman–Crippen MR) is 77.2 cm³/mol. The van der Waals surface area contributed by atoms with Crippen LogP contribution in [-0.2, 0) is 6.61 Å². The molecule has 0 saturated heterocycles. The molecule has 0 N–H and O–H groups in total. The molecule has 2 aromatic carbocycles. The van der Waals surface area contributed by atoms with Crippen molar-refractivity contribution in [3.05, 3.63) is 71.7 Å². The number of halogens is 1. The molecular formula is C17H11FN2O. The first-order chi connectivity index (χ1) is 10.3. The average molecular weight is 278 g/mol. The normalized spacial score (nSPS) is 10.3. The molecule has 0 aliphatic rings. The fourth-order valence-corrected chi connectivity index (χ4v) is 2.06. The van der Waals surface area contributed by atoms with Crippen LogP contribution in [0.2, 0.25) is 0 Å². The van der Waals surface area contributed by atoms with Crippen LogP contribution in [-0.4, -0.2) is 4.98 Å². The second kappa shape index (κ2) is 5.59. The smallest absolute Gasteiger partial charge is 0.144 e. The number of pyridine rings is 1. The van der Waals surface area contributed by atoms with E-state index >= 15 is 0 Å². The van der Waals surface area contributed by atoms with Gasteiger partial charge in [-0.05, 0) is 35.9 Å². The molecule has 0 radical (unpaired) electrons. The number of rotatable bonds is 3. The lowest BCUT2D eigenvalue weighted by atomic mass is 10.1. The Morgan fingerprint density at radius 1 is 1.14 bits per heavy atom. The zero-order valence-corrected chi connectivity index (χ0v) is 11.1. The van der Waals surface area contributed by atoms with Gasteiger partial charge in [0.05, 0.1) is 11.1 Å². The van der Waals surface area contributed by atoms with Gasteiger partial charge < -0.3 is 4.74 Å². The van der Waals surface area contributed by atoms with E-state index in [1.807, 2.05) is 30.3 Å². The molecule has 21 heavy (non-hydrogen) atoms. The van der Waals surface area contributed by atoms with E-state index in [2.05, 4.69) is 4.98 Å². The summed E-state index contributed by atoms with van der Waals surface area (Å²) < 4.78 is 19.0. The van der Waals surface area contributed by atoms with Gasteiger partial charge in [0.15, 0.2) is 0 Å². The van der Waals surface area contributed by atoms with Crippen LogP contribution in [0.25, 0.3) is 10.9 Å². The lowest BCUT2D eigenvalue weighted by Crippen LogP contribution is -1.96. The van der Waals surface area contributed by atoms with Crippen LogP contribution < -0.4 is 4.74 Å². The highest BCUT2D eigenvalue weighted by Crippen LogP contribution is 2.19. The first-order valence-electron chi connectivity index (χ1n) is 6.42. The monoisotopic (exact) mass is 278 g/mol. The van der Waals surface area contributed by atoms with Crippen LogP contribution in [0.15, 0.2) is 54.7 Å². The number of fused-ring (bicyclic) bond motifs is 1. The van der Waals surface area contributed by atoms with Crippen LogP contribution in [0.5, 0.6) is 5.75 Å². The van der Waals surface area contributed by atoms with Crippen molar-refractivity contribution < 1.29 is 9.13 Å². The molecule has 0 amide bonds. The molecule has 0 saturated carbocycles. The topological polar surface area (TPSA) is 45.9 Å². The summed E-state index contributed by atoms with van der Waals surface area (Å²) in [5, 5.41) is 9.71. The highest BCUT2D eigenvalue weighted by atomic mass is 19.1. The quantitative estimate of drug-likeness (QED) is 0.731. The number of hydrogen-bond acceptors (Lipinski definition) is 3. The molecule has 4 heteroatoms. The van der Waals surface area contributed by atoms with Crippen LogP contribution >= 0.6 is 0 Å². The van der Waals surface area contributed by atoms with Crippen LogP contribution in [0.4, 0.5) is 4.39 Å². The van der Waals surface area contributed by atoms with Gasteiger partial charge in [0, 0.05) is 17.6 Å². The maximum absolute atomic E-state index is 13.5. The van der Waals surface area contributed by atoms with Crippen LogP contribution in [0.3, 0.4) is 0 Å². The van der Waals surface area contributed by atoms with Gasteiger partial charge in [0.25, 0.3) is 0 Å². The van der Waals surface area contributed by atoms with Gasteiger partial charge in [-0.1, -0.05) is 12.1 Å². The summed E-state index contributed by atoms with van der Waals surface area (Å²) in [6, 6.07) is 15.7. The fourth-order valence-electron chi connectivity index (χ4n) is 2.06. The van der Waals surface area contributed by atoms with Crippen molar-refractivity contribution in [2.45, 2.75) is 6.61 Å². The molecule has 0 spiro atoms. The van der Waals surface area contributed by atoms with E-state index in [0.29, 0.717) is 12.4 Å². The van der Waals surface area contributed by atoms with Crippen LogP contribution in [0, 0.1) is 17.1 Å². The van der Waals surface area contributed by atoms with Crippen LogP contribution in [0.1, 0.15) is 11.1 Å². The lowest BCUT2D eigenvalue weighted by Gasteiger charge is -2.07. The lowest BCUT2D eigenvalue weighted by molar-refractivity contribution is 0.304. The molecule has 102 valence electrons. The number of aromatic nitrogens is 1. The van der Waals surface area contributed by atoms with E-state index in [-0.39, 0.29) is 5.56 Å². The van der Waals surface area contributed by atoms with Crippen molar-refractivity contribution >= 4 is 10.9 Å². The first kappa shape index (κ1) is 13.1. The van der Waals surface area contributed by atoms with Gasteiger partial charge in [0.1, 0.15) is 24.2 Å². The number of nitriles is 1. The number of hydrogen-bond donors (Lipinski definition) is 0. The van der Waals surface area contributed by atoms with Crippen molar-refractivity contribution in [2.24, 2.45) is 0 Å². The number of nitrogens with zero attached hydrogens (tertiary/aromatic N) is 2. The summed E-state index contributed by atoms with van der Waals surface area (Å²) in [6.45, 7) is 0.330. The third-order valence-corrected chi connectivity index (χ3v) is 3.13. The minimum absolute atomic E-state index is 0.0131. The first-order valence-corrected chi connectivity index (χ1v) is 6.42. The Kier molecular flexibility index (Phi) is 3.48. The molecule has 0 aliphatic heterocycles. The Labute approximate surface area is 121 Å². The van der Waals surface area contributed by atoms with Crippen molar-refractivity contribution in [1.29, 1.82) is 5.26 Å². The largest absolute Gasteiger partial charge is 0.489 e. The van der Waals surface area contributed by atoms with E-state index < -0.39 is 5.82 Å². The van der Waals surface area contributed by atoms with E-state index in [9.17, 15) is 4.39 Å². The molecule has 0 atom stereocenters. The Balaban J connectivity index is 1.77. The summed E-state index contributed by atoms with van der Waals surface area (Å²) in [5.74, 6) is -0.171. The highest BCUT2D eigenvalue weighted by Gasteiger charge is 2.04. The SMILES string of the molecule is N#Cc1ccc(OCc2ccc3ncccc3c2)cc1F. The predicted octanol–water partition coefficient (Wildman–Crippen LogP) is 3.82. The van der Waals surface area contributed by atoms with Gasteiger partial charge in [-0.15, -0.1) is 0 Å². The van der Waals surface area contributed by atoms with Gasteiger partial charge in [-0.3, -0.25) is 4.98 Å². The van der Waals surface area contributed by atoms with E-state index in [4.69, 9.17) is 10.00 Å². The molecule has 3 nitrogen and oxygen atoms in total. The summed E-state index contributed by atoms with van der Waals surface area (Å²) in [5.41, 5.74) is 1.91. The zero-order valence-electron chi connectivity index (χ0n) is 11.1. The van der Waals surface area contributed by atoms with E-state index in [1.165, 1.54) is 12.1 Å². The summed E-state index contributed by atoms with van der Waals surface area (Å²) in [6.07, 6.45) is 1.75. The average Bonchev–Trinajstić information content (AvgIpc) is 2.53.